The Kier molecular flexibility index (Phi) is 5.00. The highest BCUT2D eigenvalue weighted by atomic mass is 32.2. The zero-order valence-corrected chi connectivity index (χ0v) is 20.1. The van der Waals surface area contributed by atoms with Crippen LogP contribution in [-0.2, 0) is 15.8 Å². The summed E-state index contributed by atoms with van der Waals surface area (Å²) in [6, 6.07) is 12.8. The van der Waals surface area contributed by atoms with Gasteiger partial charge < -0.3 is 0 Å². The Morgan fingerprint density at radius 3 is 2.41 bits per heavy atom. The van der Waals surface area contributed by atoms with Crippen LogP contribution in [0.15, 0.2) is 41.6 Å². The van der Waals surface area contributed by atoms with Gasteiger partial charge in [0, 0.05) is 12.5 Å². The first-order chi connectivity index (χ1) is 13.5. The van der Waals surface area contributed by atoms with Crippen molar-refractivity contribution in [3.63, 3.8) is 0 Å². The number of carbonyl (C=O) groups excluding carboxylic acids is 1. The summed E-state index contributed by atoms with van der Waals surface area (Å²) in [5.74, 6) is 0.563. The Morgan fingerprint density at radius 2 is 1.76 bits per heavy atom. The van der Waals surface area contributed by atoms with Crippen molar-refractivity contribution in [1.29, 1.82) is 0 Å². The van der Waals surface area contributed by atoms with Crippen molar-refractivity contribution in [2.75, 3.05) is 0 Å². The maximum Gasteiger partial charge on any atom is 0.155 e. The first-order valence-corrected chi connectivity index (χ1v) is 15.1. The topological polar surface area (TPSA) is 46.2 Å². The van der Waals surface area contributed by atoms with Gasteiger partial charge in [0.15, 0.2) is 5.78 Å². The number of hydrogen-bond acceptors (Lipinski definition) is 2. The monoisotopic (exact) mass is 425 g/mol. The molecular weight excluding hydrogens is 394 g/mol. The van der Waals surface area contributed by atoms with Crippen LogP contribution < -0.4 is 4.72 Å². The molecule has 0 amide bonds. The minimum Gasteiger partial charge on any atom is -0.295 e. The molecule has 0 heterocycles. The molecular formula is C24H31NO2SSi. The largest absolute Gasteiger partial charge is 0.295 e. The van der Waals surface area contributed by atoms with Crippen molar-refractivity contribution in [2.24, 2.45) is 5.92 Å². The van der Waals surface area contributed by atoms with E-state index in [0.717, 1.165) is 11.6 Å². The second-order valence-corrected chi connectivity index (χ2v) is 17.4. The summed E-state index contributed by atoms with van der Waals surface area (Å²) in [5.41, 5.74) is 3.71. The van der Waals surface area contributed by atoms with Gasteiger partial charge in [0.25, 0.3) is 0 Å². The number of ketones is 1. The van der Waals surface area contributed by atoms with Gasteiger partial charge in [-0.15, -0.1) is 0 Å². The Balaban J connectivity index is 1.96. The first-order valence-electron chi connectivity index (χ1n) is 10.5. The van der Waals surface area contributed by atoms with Gasteiger partial charge in [-0.2, -0.15) is 0 Å². The van der Waals surface area contributed by atoms with Gasteiger partial charge in [-0.05, 0) is 65.8 Å². The fraction of sp³-hybridized carbons (Fsp3) is 0.458. The molecule has 2 aliphatic rings. The molecule has 0 spiro atoms. The lowest BCUT2D eigenvalue weighted by molar-refractivity contribution is -0.114. The molecule has 0 aromatic heterocycles. The van der Waals surface area contributed by atoms with E-state index in [1.54, 1.807) is 0 Å². The lowest BCUT2D eigenvalue weighted by Crippen LogP contribution is -2.38. The van der Waals surface area contributed by atoms with Gasteiger partial charge in [-0.25, -0.2) is 8.93 Å². The number of benzene rings is 2. The van der Waals surface area contributed by atoms with Crippen LogP contribution in [0.25, 0.3) is 16.3 Å². The highest BCUT2D eigenvalue weighted by molar-refractivity contribution is 7.84. The number of Topliss-reactive ketones (excluding diaryl/α,β-unsaturated/α-hetero) is 1. The van der Waals surface area contributed by atoms with Crippen LogP contribution in [0.5, 0.6) is 0 Å². The van der Waals surface area contributed by atoms with E-state index in [4.69, 9.17) is 0 Å². The summed E-state index contributed by atoms with van der Waals surface area (Å²) in [6.07, 6.45) is 1.43. The van der Waals surface area contributed by atoms with Crippen molar-refractivity contribution < 1.29 is 9.00 Å². The predicted molar refractivity (Wildman–Crippen MR) is 126 cm³/mol. The van der Waals surface area contributed by atoms with Crippen LogP contribution in [0.4, 0.5) is 0 Å². The zero-order chi connectivity index (χ0) is 21.1. The van der Waals surface area contributed by atoms with Crippen LogP contribution in [-0.4, -0.2) is 22.8 Å². The van der Waals surface area contributed by atoms with Gasteiger partial charge in [0.1, 0.15) is 0 Å². The van der Waals surface area contributed by atoms with Gasteiger partial charge >= 0.3 is 0 Å². The van der Waals surface area contributed by atoms with Gasteiger partial charge in [0.2, 0.25) is 0 Å². The van der Waals surface area contributed by atoms with Crippen LogP contribution in [0, 0.1) is 5.92 Å². The minimum absolute atomic E-state index is 0.0151. The molecule has 0 radical (unpaired) electrons. The Morgan fingerprint density at radius 1 is 1.07 bits per heavy atom. The molecule has 2 aromatic carbocycles. The molecule has 0 saturated heterocycles. The normalized spacial score (nSPS) is 23.3. The fourth-order valence-corrected chi connectivity index (χ4v) is 7.79. The molecule has 154 valence electrons. The fourth-order valence-electron chi connectivity index (χ4n) is 4.88. The number of fused-ring (bicyclic) bond motifs is 5. The molecule has 5 heteroatoms. The van der Waals surface area contributed by atoms with Crippen LogP contribution in [0.2, 0.25) is 19.6 Å². The minimum atomic E-state index is -1.77. The zero-order valence-electron chi connectivity index (χ0n) is 18.3. The Hall–Kier alpha value is -1.56. The number of rotatable bonds is 3. The maximum atomic E-state index is 13.0. The van der Waals surface area contributed by atoms with Crippen molar-refractivity contribution in [3.8, 4) is 0 Å². The summed E-state index contributed by atoms with van der Waals surface area (Å²) in [7, 11) is -2.94. The molecule has 0 fully saturated rings. The van der Waals surface area contributed by atoms with Crippen molar-refractivity contribution in [3.05, 3.63) is 52.7 Å². The first kappa shape index (κ1) is 20.7. The number of carbonyl (C=O) groups is 1. The van der Waals surface area contributed by atoms with E-state index in [2.05, 4.69) is 60.8 Å². The van der Waals surface area contributed by atoms with E-state index in [0.29, 0.717) is 12.2 Å². The summed E-state index contributed by atoms with van der Waals surface area (Å²) < 4.78 is 16.1. The van der Waals surface area contributed by atoms with Gasteiger partial charge in [0.05, 0.1) is 23.8 Å². The molecule has 1 N–H and O–H groups in total. The Labute approximate surface area is 177 Å². The van der Waals surface area contributed by atoms with Crippen LogP contribution in [0.3, 0.4) is 0 Å². The second-order valence-electron chi connectivity index (χ2n) is 10.4. The van der Waals surface area contributed by atoms with Gasteiger partial charge in [-0.3, -0.25) is 4.79 Å². The molecule has 0 saturated carbocycles. The number of allylic oxidation sites excluding steroid dienone is 2. The van der Waals surface area contributed by atoms with Crippen molar-refractivity contribution >= 4 is 41.2 Å². The molecule has 2 aromatic rings. The van der Waals surface area contributed by atoms with Crippen molar-refractivity contribution in [2.45, 2.75) is 64.0 Å². The molecule has 29 heavy (non-hydrogen) atoms. The maximum absolute atomic E-state index is 13.0. The van der Waals surface area contributed by atoms with E-state index in [1.807, 2.05) is 20.8 Å². The van der Waals surface area contributed by atoms with E-state index in [9.17, 15) is 9.00 Å². The SMILES string of the molecule is CC(C)(C)S(=O)N[C@H]1C[C@@H]2CC(=O)C([Si](C)(C)C)=C2c2ccc3ccccc3c21. The van der Waals surface area contributed by atoms with Crippen LogP contribution in [0.1, 0.15) is 50.8 Å². The van der Waals surface area contributed by atoms with E-state index in [1.165, 1.54) is 27.5 Å². The average Bonchev–Trinajstić information content (AvgIpc) is 2.96. The third-order valence-corrected chi connectivity index (χ3v) is 9.73. The summed E-state index contributed by atoms with van der Waals surface area (Å²) in [6.45, 7) is 12.8. The predicted octanol–water partition coefficient (Wildman–Crippen LogP) is 5.56. The molecule has 3 nitrogen and oxygen atoms in total. The number of nitrogens with one attached hydrogen (secondary N) is 1. The Bertz CT molecular complexity index is 1060. The highest BCUT2D eigenvalue weighted by Gasteiger charge is 2.44. The molecule has 4 rings (SSSR count). The third-order valence-electron chi connectivity index (χ3n) is 6.07. The summed E-state index contributed by atoms with van der Waals surface area (Å²) in [5, 5.41) is 3.51. The molecule has 2 aliphatic carbocycles. The van der Waals surface area contributed by atoms with E-state index >= 15 is 0 Å². The second kappa shape index (κ2) is 7.00. The lowest BCUT2D eigenvalue weighted by atomic mass is 9.76. The number of hydrogen-bond donors (Lipinski definition) is 1. The molecule has 0 bridgehead atoms. The van der Waals surface area contributed by atoms with Crippen LogP contribution >= 0.6 is 0 Å². The van der Waals surface area contributed by atoms with Gasteiger partial charge in [-0.1, -0.05) is 56.0 Å². The summed E-state index contributed by atoms with van der Waals surface area (Å²) >= 11 is 0. The molecule has 3 atom stereocenters. The highest BCUT2D eigenvalue weighted by Crippen LogP contribution is 2.51. The quantitative estimate of drug-likeness (QED) is 0.655. The third kappa shape index (κ3) is 3.58. The standard InChI is InChI=1S/C24H31NO2SSi/c1-24(2,3)28(27)25-19-13-16-14-20(26)23(29(4,5)6)21(16)18-12-11-15-9-7-8-10-17(15)22(18)19/h7-12,16,19,25H,13-14H2,1-6H3/t16-,19+,28?/m1/s1. The smallest absolute Gasteiger partial charge is 0.155 e. The van der Waals surface area contributed by atoms with E-state index in [-0.39, 0.29) is 16.7 Å². The average molecular weight is 426 g/mol. The molecule has 1 unspecified atom stereocenters. The van der Waals surface area contributed by atoms with Crippen molar-refractivity contribution in [1.82, 2.24) is 4.72 Å². The van der Waals surface area contributed by atoms with E-state index < -0.39 is 19.1 Å². The molecule has 0 aliphatic heterocycles. The summed E-state index contributed by atoms with van der Waals surface area (Å²) in [4.78, 5) is 13.0. The lowest BCUT2D eigenvalue weighted by Gasteiger charge is -2.35.